The summed E-state index contributed by atoms with van der Waals surface area (Å²) >= 11 is 0. The largest absolute Gasteiger partial charge is 0.478 e. The number of ether oxygens (including phenoxy) is 1. The third kappa shape index (κ3) is 4.34. The molecule has 2 aromatic rings. The predicted octanol–water partition coefficient (Wildman–Crippen LogP) is 2.30. The molecule has 0 radical (unpaired) electrons. The van der Waals surface area contributed by atoms with E-state index in [-0.39, 0.29) is 18.6 Å². The maximum Gasteiger partial charge on any atom is 0.336 e. The molecule has 0 aliphatic rings. The first kappa shape index (κ1) is 15.6. The van der Waals surface area contributed by atoms with E-state index < -0.39 is 11.9 Å². The molecule has 0 aliphatic carbocycles. The van der Waals surface area contributed by atoms with E-state index in [0.29, 0.717) is 17.7 Å². The van der Waals surface area contributed by atoms with Gasteiger partial charge in [0.15, 0.2) is 0 Å². The molecule has 0 aliphatic heterocycles. The van der Waals surface area contributed by atoms with Gasteiger partial charge in [-0.05, 0) is 23.3 Å². The highest BCUT2D eigenvalue weighted by atomic mass is 16.5. The lowest BCUT2D eigenvalue weighted by molar-refractivity contribution is -0.142. The van der Waals surface area contributed by atoms with Gasteiger partial charge in [-0.3, -0.25) is 4.79 Å². The molecule has 2 rings (SSSR count). The van der Waals surface area contributed by atoms with Gasteiger partial charge in [0.1, 0.15) is 0 Å². The van der Waals surface area contributed by atoms with Crippen LogP contribution in [0.5, 0.6) is 0 Å². The molecule has 0 unspecified atom stereocenters. The molecule has 5 heteroatoms. The maximum atomic E-state index is 11.8. The standard InChI is InChI=1S/C17H17NO4/c18-14-7-6-13(15(11-14)17(20)21)10-16(19)22-9-8-12-4-2-1-3-5-12/h1-7,11H,8-10,18H2,(H,20,21). The minimum Gasteiger partial charge on any atom is -0.478 e. The number of benzene rings is 2. The lowest BCUT2D eigenvalue weighted by Gasteiger charge is -2.08. The van der Waals surface area contributed by atoms with Gasteiger partial charge in [0.2, 0.25) is 0 Å². The molecule has 22 heavy (non-hydrogen) atoms. The molecule has 0 fully saturated rings. The molecule has 0 saturated heterocycles. The zero-order valence-corrected chi connectivity index (χ0v) is 12.0. The molecular weight excluding hydrogens is 282 g/mol. The van der Waals surface area contributed by atoms with Crippen molar-refractivity contribution in [3.8, 4) is 0 Å². The number of carbonyl (C=O) groups excluding carboxylic acids is 1. The van der Waals surface area contributed by atoms with Crippen molar-refractivity contribution in [3.05, 3.63) is 65.2 Å². The molecule has 0 heterocycles. The number of carboxylic acids is 1. The molecule has 0 aromatic heterocycles. The van der Waals surface area contributed by atoms with Crippen LogP contribution in [0.3, 0.4) is 0 Å². The summed E-state index contributed by atoms with van der Waals surface area (Å²) in [6.45, 7) is 0.264. The van der Waals surface area contributed by atoms with Crippen LogP contribution >= 0.6 is 0 Å². The van der Waals surface area contributed by atoms with Gasteiger partial charge < -0.3 is 15.6 Å². The summed E-state index contributed by atoms with van der Waals surface area (Å²) in [6.07, 6.45) is 0.539. The first-order valence-corrected chi connectivity index (χ1v) is 6.87. The smallest absolute Gasteiger partial charge is 0.336 e. The van der Waals surface area contributed by atoms with E-state index in [1.54, 1.807) is 6.07 Å². The number of nitrogens with two attached hydrogens (primary N) is 1. The number of anilines is 1. The number of nitrogen functional groups attached to an aromatic ring is 1. The number of carboxylic acid groups (broad SMARTS) is 1. The number of rotatable bonds is 6. The zero-order chi connectivity index (χ0) is 15.9. The quantitative estimate of drug-likeness (QED) is 0.631. The van der Waals surface area contributed by atoms with Crippen molar-refractivity contribution in [1.29, 1.82) is 0 Å². The van der Waals surface area contributed by atoms with Crippen LogP contribution < -0.4 is 5.73 Å². The summed E-state index contributed by atoms with van der Waals surface area (Å²) in [4.78, 5) is 23.0. The summed E-state index contributed by atoms with van der Waals surface area (Å²) in [6, 6.07) is 14.1. The Morgan fingerprint density at radius 1 is 1.09 bits per heavy atom. The van der Waals surface area contributed by atoms with Crippen molar-refractivity contribution in [1.82, 2.24) is 0 Å². The summed E-state index contributed by atoms with van der Waals surface area (Å²) < 4.78 is 5.15. The second kappa shape index (κ2) is 7.26. The SMILES string of the molecule is Nc1ccc(CC(=O)OCCc2ccccc2)c(C(=O)O)c1. The van der Waals surface area contributed by atoms with E-state index >= 15 is 0 Å². The molecule has 0 saturated carbocycles. The van der Waals surface area contributed by atoms with Crippen LogP contribution in [0, 0.1) is 0 Å². The van der Waals surface area contributed by atoms with Crippen LogP contribution in [-0.2, 0) is 22.4 Å². The summed E-state index contributed by atoms with van der Waals surface area (Å²) in [5, 5.41) is 9.12. The topological polar surface area (TPSA) is 89.6 Å². The van der Waals surface area contributed by atoms with Crippen molar-refractivity contribution in [2.45, 2.75) is 12.8 Å². The number of esters is 1. The number of hydrogen-bond acceptors (Lipinski definition) is 4. The van der Waals surface area contributed by atoms with Gasteiger partial charge >= 0.3 is 11.9 Å². The molecule has 2 aromatic carbocycles. The highest BCUT2D eigenvalue weighted by molar-refractivity contribution is 5.92. The monoisotopic (exact) mass is 299 g/mol. The number of aromatic carboxylic acids is 1. The van der Waals surface area contributed by atoms with Crippen LogP contribution in [-0.4, -0.2) is 23.7 Å². The van der Waals surface area contributed by atoms with Crippen LogP contribution in [0.25, 0.3) is 0 Å². The fourth-order valence-electron chi connectivity index (χ4n) is 2.08. The molecule has 0 atom stereocenters. The Kier molecular flexibility index (Phi) is 5.14. The Hall–Kier alpha value is -2.82. The van der Waals surface area contributed by atoms with Crippen molar-refractivity contribution in [2.75, 3.05) is 12.3 Å². The van der Waals surface area contributed by atoms with Gasteiger partial charge in [0.25, 0.3) is 0 Å². The van der Waals surface area contributed by atoms with Gasteiger partial charge in [-0.25, -0.2) is 4.79 Å². The summed E-state index contributed by atoms with van der Waals surface area (Å²) in [5.41, 5.74) is 7.41. The normalized spacial score (nSPS) is 10.2. The van der Waals surface area contributed by atoms with Gasteiger partial charge in [0, 0.05) is 12.1 Å². The van der Waals surface area contributed by atoms with Crippen LogP contribution in [0.15, 0.2) is 48.5 Å². The lowest BCUT2D eigenvalue weighted by Crippen LogP contribution is -2.13. The first-order chi connectivity index (χ1) is 10.6. The van der Waals surface area contributed by atoms with Crippen molar-refractivity contribution < 1.29 is 19.4 Å². The second-order valence-corrected chi connectivity index (χ2v) is 4.85. The maximum absolute atomic E-state index is 11.8. The van der Waals surface area contributed by atoms with Crippen molar-refractivity contribution >= 4 is 17.6 Å². The molecule has 0 spiro atoms. The van der Waals surface area contributed by atoms with Crippen LogP contribution in [0.1, 0.15) is 21.5 Å². The van der Waals surface area contributed by atoms with E-state index in [1.807, 2.05) is 30.3 Å². The minimum absolute atomic E-state index is 0.0278. The fraction of sp³-hybridized carbons (Fsp3) is 0.176. The van der Waals surface area contributed by atoms with Crippen LogP contribution in [0.2, 0.25) is 0 Å². The lowest BCUT2D eigenvalue weighted by atomic mass is 10.0. The third-order valence-electron chi connectivity index (χ3n) is 3.20. The molecule has 0 amide bonds. The Labute approximate surface area is 128 Å². The predicted molar refractivity (Wildman–Crippen MR) is 82.6 cm³/mol. The van der Waals surface area contributed by atoms with E-state index in [0.717, 1.165) is 5.56 Å². The second-order valence-electron chi connectivity index (χ2n) is 4.85. The minimum atomic E-state index is -1.11. The first-order valence-electron chi connectivity index (χ1n) is 6.87. The Morgan fingerprint density at radius 3 is 2.50 bits per heavy atom. The summed E-state index contributed by atoms with van der Waals surface area (Å²) in [5.74, 6) is -1.57. The van der Waals surface area contributed by atoms with E-state index in [1.165, 1.54) is 12.1 Å². The van der Waals surface area contributed by atoms with Gasteiger partial charge in [0.05, 0.1) is 18.6 Å². The third-order valence-corrected chi connectivity index (χ3v) is 3.20. The fourth-order valence-corrected chi connectivity index (χ4v) is 2.08. The average Bonchev–Trinajstić information content (AvgIpc) is 2.50. The van der Waals surface area contributed by atoms with E-state index in [9.17, 15) is 9.59 Å². The van der Waals surface area contributed by atoms with Crippen molar-refractivity contribution in [2.24, 2.45) is 0 Å². The molecule has 0 bridgehead atoms. The summed E-state index contributed by atoms with van der Waals surface area (Å²) in [7, 11) is 0. The number of carbonyl (C=O) groups is 2. The highest BCUT2D eigenvalue weighted by Crippen LogP contribution is 2.15. The Morgan fingerprint density at radius 2 is 1.82 bits per heavy atom. The zero-order valence-electron chi connectivity index (χ0n) is 12.0. The average molecular weight is 299 g/mol. The van der Waals surface area contributed by atoms with Gasteiger partial charge in [-0.2, -0.15) is 0 Å². The van der Waals surface area contributed by atoms with Crippen molar-refractivity contribution in [3.63, 3.8) is 0 Å². The van der Waals surface area contributed by atoms with E-state index in [4.69, 9.17) is 15.6 Å². The molecular formula is C17H17NO4. The Bertz CT molecular complexity index is 668. The number of hydrogen-bond donors (Lipinski definition) is 2. The molecule has 114 valence electrons. The molecule has 5 nitrogen and oxygen atoms in total. The van der Waals surface area contributed by atoms with Crippen LogP contribution in [0.4, 0.5) is 5.69 Å². The highest BCUT2D eigenvalue weighted by Gasteiger charge is 2.14. The van der Waals surface area contributed by atoms with Gasteiger partial charge in [-0.15, -0.1) is 0 Å². The Balaban J connectivity index is 1.91. The van der Waals surface area contributed by atoms with E-state index in [2.05, 4.69) is 0 Å². The van der Waals surface area contributed by atoms with Gasteiger partial charge in [-0.1, -0.05) is 36.4 Å². The molecule has 3 N–H and O–H groups in total.